The number of carbonyl (C=O) groups is 1. The van der Waals surface area contributed by atoms with E-state index in [0.717, 1.165) is 36.1 Å². The molecule has 0 radical (unpaired) electrons. The van der Waals surface area contributed by atoms with Crippen molar-refractivity contribution in [3.63, 3.8) is 0 Å². The molecule has 0 amide bonds. The fourth-order valence-electron chi connectivity index (χ4n) is 4.98. The summed E-state index contributed by atoms with van der Waals surface area (Å²) in [7, 11) is -1.31. The summed E-state index contributed by atoms with van der Waals surface area (Å²) in [6, 6.07) is 7.84. The van der Waals surface area contributed by atoms with E-state index in [1.165, 1.54) is 64.2 Å². The molecule has 2 aliphatic rings. The molecule has 0 aromatic heterocycles. The minimum Gasteiger partial charge on any atom is -0.448 e. The van der Waals surface area contributed by atoms with Gasteiger partial charge in [-0.2, -0.15) is 0 Å². The Kier molecular flexibility index (Phi) is 8.77. The average molecular weight is 419 g/mol. The zero-order chi connectivity index (χ0) is 20.5. The highest BCUT2D eigenvalue weighted by Gasteiger charge is 2.51. The van der Waals surface area contributed by atoms with Crippen molar-refractivity contribution in [3.05, 3.63) is 29.8 Å². The Morgan fingerprint density at radius 2 is 1.24 bits per heavy atom. The van der Waals surface area contributed by atoms with Gasteiger partial charge in [-0.1, -0.05) is 94.7 Å². The number of carbonyl (C=O) groups excluding carboxylic acids is 1. The molecule has 29 heavy (non-hydrogen) atoms. The van der Waals surface area contributed by atoms with Crippen molar-refractivity contribution in [2.75, 3.05) is 0 Å². The fourth-order valence-corrected chi connectivity index (χ4v) is 6.60. The molecule has 4 heteroatoms. The molecule has 2 atom stereocenters. The molecule has 1 aromatic carbocycles. The lowest BCUT2D eigenvalue weighted by molar-refractivity contribution is -0.139. The molecule has 0 bridgehead atoms. The summed E-state index contributed by atoms with van der Waals surface area (Å²) in [5.74, 6) is -0.159. The zero-order valence-electron chi connectivity index (χ0n) is 18.1. The van der Waals surface area contributed by atoms with Crippen molar-refractivity contribution >= 4 is 16.8 Å². The lowest BCUT2D eigenvalue weighted by Gasteiger charge is -2.32. The lowest BCUT2D eigenvalue weighted by atomic mass is 9.77. The Labute approximate surface area is 179 Å². The van der Waals surface area contributed by atoms with Crippen LogP contribution in [0, 0.1) is 12.3 Å². The number of aryl methyl sites for hydroxylation is 1. The molecule has 162 valence electrons. The molecule has 1 saturated heterocycles. The standard InChI is InChI=1S/C25H38O3S/c1-21-14-16-22(17-15-21)29(27)24-25(20-23(26)28-24)18-12-10-8-6-4-2-3-5-7-9-11-13-19-25/h14-17,24H,2-13,18-20H2,1H3. The van der Waals surface area contributed by atoms with Crippen LogP contribution in [0.3, 0.4) is 0 Å². The van der Waals surface area contributed by atoms with Crippen molar-refractivity contribution in [1.82, 2.24) is 0 Å². The third-order valence-electron chi connectivity index (χ3n) is 6.78. The number of ether oxygens (including phenoxy) is 1. The number of rotatable bonds is 2. The number of benzene rings is 1. The minimum atomic E-state index is -1.31. The van der Waals surface area contributed by atoms with Crippen LogP contribution in [0.25, 0.3) is 0 Å². The number of esters is 1. The van der Waals surface area contributed by atoms with E-state index in [9.17, 15) is 9.00 Å². The molecule has 1 spiro atoms. The van der Waals surface area contributed by atoms with E-state index < -0.39 is 16.2 Å². The molecular weight excluding hydrogens is 380 g/mol. The molecule has 3 rings (SSSR count). The molecule has 1 aromatic rings. The first-order chi connectivity index (χ1) is 14.1. The van der Waals surface area contributed by atoms with E-state index in [1.807, 2.05) is 31.2 Å². The second-order valence-electron chi connectivity index (χ2n) is 9.21. The van der Waals surface area contributed by atoms with Crippen LogP contribution >= 0.6 is 0 Å². The SMILES string of the molecule is Cc1ccc(S(=O)C2OC(=O)CC23CCCCCCCCCCCCCC3)cc1. The summed E-state index contributed by atoms with van der Waals surface area (Å²) in [4.78, 5) is 13.2. The Bertz CT molecular complexity index is 651. The van der Waals surface area contributed by atoms with Crippen molar-refractivity contribution in [3.8, 4) is 0 Å². The maximum Gasteiger partial charge on any atom is 0.307 e. The molecule has 0 N–H and O–H groups in total. The fraction of sp³-hybridized carbons (Fsp3) is 0.720. The Morgan fingerprint density at radius 1 is 0.793 bits per heavy atom. The van der Waals surface area contributed by atoms with Crippen LogP contribution in [0.15, 0.2) is 29.2 Å². The molecular formula is C25H38O3S. The first-order valence-electron chi connectivity index (χ1n) is 11.8. The summed E-state index contributed by atoms with van der Waals surface area (Å²) in [5, 5.41) is 0. The van der Waals surface area contributed by atoms with Crippen LogP contribution in [-0.4, -0.2) is 15.6 Å². The Balaban J connectivity index is 1.74. The molecule has 1 heterocycles. The number of hydrogen-bond acceptors (Lipinski definition) is 3. The first kappa shape index (κ1) is 22.5. The van der Waals surface area contributed by atoms with Gasteiger partial charge in [0, 0.05) is 10.3 Å². The normalized spacial score (nSPS) is 25.7. The summed E-state index contributed by atoms with van der Waals surface area (Å²) in [5.41, 5.74) is 0.402. The van der Waals surface area contributed by atoms with Gasteiger partial charge in [0.05, 0.1) is 17.2 Å². The Hall–Kier alpha value is -1.16. The van der Waals surface area contributed by atoms with Gasteiger partial charge >= 0.3 is 5.97 Å². The highest BCUT2D eigenvalue weighted by Crippen LogP contribution is 2.47. The van der Waals surface area contributed by atoms with Crippen LogP contribution in [0.1, 0.15) is 102 Å². The van der Waals surface area contributed by atoms with Gasteiger partial charge in [0.25, 0.3) is 0 Å². The van der Waals surface area contributed by atoms with E-state index in [2.05, 4.69) is 0 Å². The third kappa shape index (κ3) is 6.41. The van der Waals surface area contributed by atoms with Crippen molar-refractivity contribution in [2.24, 2.45) is 5.41 Å². The average Bonchev–Trinajstić information content (AvgIpc) is 3.03. The van der Waals surface area contributed by atoms with Crippen molar-refractivity contribution in [1.29, 1.82) is 0 Å². The Morgan fingerprint density at radius 3 is 1.72 bits per heavy atom. The van der Waals surface area contributed by atoms with Gasteiger partial charge in [-0.15, -0.1) is 0 Å². The highest BCUT2D eigenvalue weighted by atomic mass is 32.2. The molecule has 1 saturated carbocycles. The van der Waals surface area contributed by atoms with Crippen molar-refractivity contribution in [2.45, 2.75) is 114 Å². The van der Waals surface area contributed by atoms with E-state index in [1.54, 1.807) is 0 Å². The molecule has 1 aliphatic heterocycles. The van der Waals surface area contributed by atoms with Gasteiger partial charge in [0.15, 0.2) is 5.44 Å². The molecule has 2 unspecified atom stereocenters. The predicted molar refractivity (Wildman–Crippen MR) is 119 cm³/mol. The van der Waals surface area contributed by atoms with E-state index in [-0.39, 0.29) is 11.4 Å². The number of hydrogen-bond donors (Lipinski definition) is 0. The van der Waals surface area contributed by atoms with Gasteiger partial charge in [0.1, 0.15) is 0 Å². The van der Waals surface area contributed by atoms with Crippen molar-refractivity contribution < 1.29 is 13.7 Å². The maximum atomic E-state index is 13.4. The molecule has 2 fully saturated rings. The summed E-state index contributed by atoms with van der Waals surface area (Å²) in [6.07, 6.45) is 17.6. The van der Waals surface area contributed by atoms with Gasteiger partial charge in [-0.25, -0.2) is 0 Å². The van der Waals surface area contributed by atoms with Gasteiger partial charge in [-0.3, -0.25) is 9.00 Å². The first-order valence-corrected chi connectivity index (χ1v) is 13.0. The van der Waals surface area contributed by atoms with Gasteiger partial charge < -0.3 is 4.74 Å². The minimum absolute atomic E-state index is 0.159. The lowest BCUT2D eigenvalue weighted by Crippen LogP contribution is -2.34. The quantitative estimate of drug-likeness (QED) is 0.494. The summed E-state index contributed by atoms with van der Waals surface area (Å²) in [6.45, 7) is 2.03. The second-order valence-corrected chi connectivity index (χ2v) is 10.7. The van der Waals surface area contributed by atoms with Crippen LogP contribution in [0.2, 0.25) is 0 Å². The molecule has 1 aliphatic carbocycles. The third-order valence-corrected chi connectivity index (χ3v) is 8.50. The largest absolute Gasteiger partial charge is 0.448 e. The predicted octanol–water partition coefficient (Wildman–Crippen LogP) is 6.84. The van der Waals surface area contributed by atoms with Crippen LogP contribution < -0.4 is 0 Å². The van der Waals surface area contributed by atoms with E-state index in [4.69, 9.17) is 4.74 Å². The number of cyclic esters (lactones) is 1. The van der Waals surface area contributed by atoms with E-state index >= 15 is 0 Å². The smallest absolute Gasteiger partial charge is 0.307 e. The highest BCUT2D eigenvalue weighted by molar-refractivity contribution is 7.85. The van der Waals surface area contributed by atoms with Crippen LogP contribution in [0.5, 0.6) is 0 Å². The monoisotopic (exact) mass is 418 g/mol. The topological polar surface area (TPSA) is 43.4 Å². The summed E-state index contributed by atoms with van der Waals surface area (Å²) >= 11 is 0. The molecule has 3 nitrogen and oxygen atoms in total. The van der Waals surface area contributed by atoms with Gasteiger partial charge in [-0.05, 0) is 31.9 Å². The van der Waals surface area contributed by atoms with E-state index in [0.29, 0.717) is 6.42 Å². The van der Waals surface area contributed by atoms with Crippen LogP contribution in [-0.2, 0) is 20.3 Å². The maximum absolute atomic E-state index is 13.4. The van der Waals surface area contributed by atoms with Crippen LogP contribution in [0.4, 0.5) is 0 Å². The second kappa shape index (κ2) is 11.3. The van der Waals surface area contributed by atoms with Gasteiger partial charge in [0.2, 0.25) is 0 Å². The summed E-state index contributed by atoms with van der Waals surface area (Å²) < 4.78 is 19.2. The zero-order valence-corrected chi connectivity index (χ0v) is 18.9.